The summed E-state index contributed by atoms with van der Waals surface area (Å²) < 4.78 is 0. The highest BCUT2D eigenvalue weighted by Gasteiger charge is 2.14. The van der Waals surface area contributed by atoms with Gasteiger partial charge in [0.25, 0.3) is 0 Å². The maximum atomic E-state index is 9.02. The van der Waals surface area contributed by atoms with Crippen molar-refractivity contribution in [1.82, 2.24) is 5.32 Å². The molecule has 2 atom stereocenters. The van der Waals surface area contributed by atoms with Crippen LogP contribution in [0.25, 0.3) is 0 Å². The summed E-state index contributed by atoms with van der Waals surface area (Å²) in [5.74, 6) is 0.652. The van der Waals surface area contributed by atoms with Gasteiger partial charge in [-0.2, -0.15) is 0 Å². The van der Waals surface area contributed by atoms with E-state index in [9.17, 15) is 0 Å². The molecule has 0 radical (unpaired) electrons. The van der Waals surface area contributed by atoms with E-state index < -0.39 is 0 Å². The summed E-state index contributed by atoms with van der Waals surface area (Å²) in [6.45, 7) is 4.00. The van der Waals surface area contributed by atoms with E-state index in [0.717, 1.165) is 19.5 Å². The number of aliphatic hydroxyl groups is 1. The van der Waals surface area contributed by atoms with Gasteiger partial charge < -0.3 is 10.4 Å². The van der Waals surface area contributed by atoms with Crippen molar-refractivity contribution in [2.75, 3.05) is 13.1 Å². The first kappa shape index (κ1) is 6.05. The van der Waals surface area contributed by atoms with Gasteiger partial charge in [0.1, 0.15) is 0 Å². The highest BCUT2D eigenvalue weighted by atomic mass is 16.3. The molecule has 0 amide bonds. The molecule has 8 heavy (non-hydrogen) atoms. The predicted molar refractivity (Wildman–Crippen MR) is 32.7 cm³/mol. The topological polar surface area (TPSA) is 32.3 Å². The van der Waals surface area contributed by atoms with Gasteiger partial charge in [-0.25, -0.2) is 0 Å². The van der Waals surface area contributed by atoms with Crippen LogP contribution in [0.5, 0.6) is 0 Å². The molecule has 2 N–H and O–H groups in total. The Labute approximate surface area is 49.9 Å². The van der Waals surface area contributed by atoms with Gasteiger partial charge in [0.05, 0.1) is 6.10 Å². The Morgan fingerprint density at radius 1 is 1.50 bits per heavy atom. The van der Waals surface area contributed by atoms with Crippen molar-refractivity contribution in [1.29, 1.82) is 0 Å². The normalized spacial score (nSPS) is 39.8. The maximum Gasteiger partial charge on any atom is 0.0667 e. The molecule has 1 heterocycles. The van der Waals surface area contributed by atoms with E-state index in [1.54, 1.807) is 0 Å². The van der Waals surface area contributed by atoms with E-state index in [0.29, 0.717) is 5.92 Å². The zero-order chi connectivity index (χ0) is 5.98. The molecule has 0 spiro atoms. The molecule has 1 rings (SSSR count). The standard InChI is InChI=1S/C6H13NO/c1-5-2-6(8)4-7-3-5/h5-8H,2-4H2,1H3/t5-,6+/m0/s1. The largest absolute Gasteiger partial charge is 0.392 e. The molecule has 0 unspecified atom stereocenters. The summed E-state index contributed by atoms with van der Waals surface area (Å²) in [5.41, 5.74) is 0. The van der Waals surface area contributed by atoms with E-state index in [-0.39, 0.29) is 6.10 Å². The Bertz CT molecular complexity index is 66.9. The first-order valence-electron chi connectivity index (χ1n) is 3.18. The Kier molecular flexibility index (Phi) is 1.86. The monoisotopic (exact) mass is 115 g/mol. The summed E-state index contributed by atoms with van der Waals surface area (Å²) in [6, 6.07) is 0. The number of hydrogen-bond donors (Lipinski definition) is 2. The van der Waals surface area contributed by atoms with Gasteiger partial charge in [0.15, 0.2) is 0 Å². The predicted octanol–water partition coefficient (Wildman–Crippen LogP) is -0.0233. The van der Waals surface area contributed by atoms with Crippen LogP contribution in [-0.2, 0) is 0 Å². The smallest absolute Gasteiger partial charge is 0.0667 e. The van der Waals surface area contributed by atoms with Gasteiger partial charge >= 0.3 is 0 Å². The van der Waals surface area contributed by atoms with Crippen LogP contribution in [-0.4, -0.2) is 24.3 Å². The number of β-amino-alcohol motifs (C(OH)–C–C–N with tert-alkyl or cyclic N) is 1. The third kappa shape index (κ3) is 1.46. The van der Waals surface area contributed by atoms with Gasteiger partial charge in [-0.1, -0.05) is 6.92 Å². The highest BCUT2D eigenvalue weighted by Crippen LogP contribution is 2.07. The first-order chi connectivity index (χ1) is 3.79. The molecule has 0 aromatic heterocycles. The van der Waals surface area contributed by atoms with Gasteiger partial charge in [-0.15, -0.1) is 0 Å². The number of piperidine rings is 1. The maximum absolute atomic E-state index is 9.02. The lowest BCUT2D eigenvalue weighted by Crippen LogP contribution is -2.38. The molecule has 0 aliphatic carbocycles. The molecule has 0 saturated carbocycles. The van der Waals surface area contributed by atoms with Crippen molar-refractivity contribution >= 4 is 0 Å². The Hall–Kier alpha value is -0.0800. The van der Waals surface area contributed by atoms with Crippen molar-refractivity contribution < 1.29 is 5.11 Å². The van der Waals surface area contributed by atoms with Crippen molar-refractivity contribution in [3.8, 4) is 0 Å². The second-order valence-electron chi connectivity index (χ2n) is 2.65. The Balaban J connectivity index is 2.23. The second-order valence-corrected chi connectivity index (χ2v) is 2.65. The van der Waals surface area contributed by atoms with Crippen LogP contribution in [0.15, 0.2) is 0 Å². The summed E-state index contributed by atoms with van der Waals surface area (Å²) in [4.78, 5) is 0. The number of rotatable bonds is 0. The van der Waals surface area contributed by atoms with Crippen LogP contribution >= 0.6 is 0 Å². The van der Waals surface area contributed by atoms with Gasteiger partial charge in [-0.3, -0.25) is 0 Å². The van der Waals surface area contributed by atoms with E-state index in [2.05, 4.69) is 12.2 Å². The fourth-order valence-electron chi connectivity index (χ4n) is 1.13. The summed E-state index contributed by atoms with van der Waals surface area (Å²) >= 11 is 0. The zero-order valence-electron chi connectivity index (χ0n) is 5.22. The Morgan fingerprint density at radius 3 is 2.62 bits per heavy atom. The fourth-order valence-corrected chi connectivity index (χ4v) is 1.13. The third-order valence-corrected chi connectivity index (χ3v) is 1.55. The second kappa shape index (κ2) is 2.46. The van der Waals surface area contributed by atoms with Crippen LogP contribution in [0.4, 0.5) is 0 Å². The van der Waals surface area contributed by atoms with Crippen LogP contribution in [0, 0.1) is 5.92 Å². The summed E-state index contributed by atoms with van der Waals surface area (Å²) in [7, 11) is 0. The lowest BCUT2D eigenvalue weighted by molar-refractivity contribution is 0.119. The molecule has 1 aliphatic heterocycles. The number of hydrogen-bond acceptors (Lipinski definition) is 2. The quantitative estimate of drug-likeness (QED) is 0.465. The van der Waals surface area contributed by atoms with E-state index in [4.69, 9.17) is 5.11 Å². The van der Waals surface area contributed by atoms with Crippen molar-refractivity contribution in [3.05, 3.63) is 0 Å². The van der Waals surface area contributed by atoms with Crippen LogP contribution in [0.3, 0.4) is 0 Å². The molecule has 0 aromatic carbocycles. The molecule has 0 aromatic rings. The summed E-state index contributed by atoms with van der Waals surface area (Å²) in [6.07, 6.45) is 0.867. The van der Waals surface area contributed by atoms with Gasteiger partial charge in [0, 0.05) is 6.54 Å². The van der Waals surface area contributed by atoms with Crippen molar-refractivity contribution in [2.45, 2.75) is 19.4 Å². The molecule has 2 heteroatoms. The van der Waals surface area contributed by atoms with Crippen LogP contribution in [0.1, 0.15) is 13.3 Å². The molecule has 1 fully saturated rings. The van der Waals surface area contributed by atoms with Gasteiger partial charge in [0.2, 0.25) is 0 Å². The van der Waals surface area contributed by atoms with Crippen molar-refractivity contribution in [2.24, 2.45) is 5.92 Å². The van der Waals surface area contributed by atoms with Crippen molar-refractivity contribution in [3.63, 3.8) is 0 Å². The fraction of sp³-hybridized carbons (Fsp3) is 1.00. The molecule has 1 aliphatic rings. The van der Waals surface area contributed by atoms with E-state index >= 15 is 0 Å². The third-order valence-electron chi connectivity index (χ3n) is 1.55. The lowest BCUT2D eigenvalue weighted by atomic mass is 10.0. The number of aliphatic hydroxyl groups excluding tert-OH is 1. The minimum absolute atomic E-state index is 0.0984. The Morgan fingerprint density at radius 2 is 2.25 bits per heavy atom. The van der Waals surface area contributed by atoms with E-state index in [1.807, 2.05) is 0 Å². The minimum Gasteiger partial charge on any atom is -0.392 e. The molecule has 48 valence electrons. The average molecular weight is 115 g/mol. The average Bonchev–Trinajstić information content (AvgIpc) is 1.64. The van der Waals surface area contributed by atoms with Crippen LogP contribution in [0.2, 0.25) is 0 Å². The molecular formula is C6H13NO. The highest BCUT2D eigenvalue weighted by molar-refractivity contribution is 4.71. The molecular weight excluding hydrogens is 102 g/mol. The lowest BCUT2D eigenvalue weighted by Gasteiger charge is -2.23. The SMILES string of the molecule is C[C@@H]1CNC[C@H](O)C1. The molecule has 2 nitrogen and oxygen atoms in total. The van der Waals surface area contributed by atoms with E-state index in [1.165, 1.54) is 0 Å². The number of nitrogens with one attached hydrogen (secondary N) is 1. The summed E-state index contributed by atoms with van der Waals surface area (Å²) in [5, 5.41) is 12.2. The molecule has 0 bridgehead atoms. The molecule has 1 saturated heterocycles. The first-order valence-corrected chi connectivity index (χ1v) is 3.18. The van der Waals surface area contributed by atoms with Gasteiger partial charge in [-0.05, 0) is 18.9 Å². The zero-order valence-corrected chi connectivity index (χ0v) is 5.22. The van der Waals surface area contributed by atoms with Crippen LogP contribution < -0.4 is 5.32 Å². The minimum atomic E-state index is -0.0984.